The molecule has 0 unspecified atom stereocenters. The van der Waals surface area contributed by atoms with Gasteiger partial charge in [0.25, 0.3) is 5.91 Å². The number of carbonyl (C=O) groups is 1. The molecular weight excluding hydrogens is 310 g/mol. The topological polar surface area (TPSA) is 176 Å². The van der Waals surface area contributed by atoms with E-state index in [-0.39, 0.29) is 22.4 Å². The predicted octanol–water partition coefficient (Wildman–Crippen LogP) is -2.06. The van der Waals surface area contributed by atoms with E-state index in [1.54, 1.807) is 0 Å². The lowest BCUT2D eigenvalue weighted by atomic mass is 10.1. The van der Waals surface area contributed by atoms with Crippen molar-refractivity contribution in [3.8, 4) is 0 Å². The summed E-state index contributed by atoms with van der Waals surface area (Å²) in [7, 11) is 0. The van der Waals surface area contributed by atoms with Crippen LogP contribution in [0.1, 0.15) is 16.6 Å². The van der Waals surface area contributed by atoms with Crippen LogP contribution in [0.25, 0.3) is 11.0 Å². The summed E-state index contributed by atoms with van der Waals surface area (Å²) in [6.45, 7) is -0.491. The first kappa shape index (κ1) is 15.6. The molecule has 1 aliphatic heterocycles. The average molecular weight is 325 g/mol. The molecule has 1 fully saturated rings. The van der Waals surface area contributed by atoms with Gasteiger partial charge in [-0.25, -0.2) is 9.97 Å². The first-order chi connectivity index (χ1) is 11.0. The van der Waals surface area contributed by atoms with E-state index in [1.165, 1.54) is 10.8 Å². The number of carbonyl (C=O) groups excluding carboxylic acids is 1. The summed E-state index contributed by atoms with van der Waals surface area (Å²) in [5.74, 6) is -0.846. The van der Waals surface area contributed by atoms with Gasteiger partial charge < -0.3 is 30.4 Å². The average Bonchev–Trinajstić information content (AvgIpc) is 3.06. The summed E-state index contributed by atoms with van der Waals surface area (Å²) in [5, 5.41) is 38.4. The molecule has 0 radical (unpaired) electrons. The zero-order valence-corrected chi connectivity index (χ0v) is 11.7. The van der Waals surface area contributed by atoms with E-state index in [2.05, 4.69) is 9.97 Å². The summed E-state index contributed by atoms with van der Waals surface area (Å²) in [6, 6.07) is 0. The minimum atomic E-state index is -1.36. The van der Waals surface area contributed by atoms with E-state index >= 15 is 0 Å². The first-order valence-electron chi connectivity index (χ1n) is 6.67. The Bertz CT molecular complexity index is 749. The molecule has 2 aromatic rings. The molecule has 11 heteroatoms. The molecule has 0 bridgehead atoms. The van der Waals surface area contributed by atoms with E-state index < -0.39 is 37.1 Å². The molecule has 7 N–H and O–H groups in total. The third-order valence-corrected chi connectivity index (χ3v) is 3.77. The van der Waals surface area contributed by atoms with Crippen LogP contribution < -0.4 is 11.2 Å². The van der Waals surface area contributed by atoms with Gasteiger partial charge in [0.1, 0.15) is 30.3 Å². The number of primary amides is 1. The Balaban J connectivity index is 2.18. The lowest BCUT2D eigenvalue weighted by molar-refractivity contribution is -0.0508. The number of hydrogen-bond donors (Lipinski definition) is 6. The fourth-order valence-electron chi connectivity index (χ4n) is 2.66. The van der Waals surface area contributed by atoms with Crippen molar-refractivity contribution in [1.29, 1.82) is 0 Å². The van der Waals surface area contributed by atoms with Gasteiger partial charge in [-0.2, -0.15) is 0 Å². The molecule has 1 saturated heterocycles. The molecule has 0 saturated carbocycles. The quantitative estimate of drug-likeness (QED) is 0.345. The van der Waals surface area contributed by atoms with Crippen LogP contribution in [0.2, 0.25) is 0 Å². The van der Waals surface area contributed by atoms with Crippen LogP contribution in [0.4, 0.5) is 5.82 Å². The fraction of sp³-hybridized carbons (Fsp3) is 0.417. The first-order valence-corrected chi connectivity index (χ1v) is 6.67. The molecule has 23 heavy (non-hydrogen) atoms. The molecule has 3 heterocycles. The molecule has 1 aliphatic rings. The van der Waals surface area contributed by atoms with Crippen LogP contribution in [-0.4, -0.2) is 65.9 Å². The number of anilines is 1. The zero-order valence-electron chi connectivity index (χ0n) is 11.7. The van der Waals surface area contributed by atoms with Gasteiger partial charge in [-0.05, 0) is 0 Å². The number of ether oxygens (including phenoxy) is 1. The maximum Gasteiger partial charge on any atom is 0.251 e. The van der Waals surface area contributed by atoms with Crippen LogP contribution in [0.15, 0.2) is 12.5 Å². The number of hydrogen-bond acceptors (Lipinski definition) is 9. The summed E-state index contributed by atoms with van der Waals surface area (Å²) in [5.41, 5.74) is 7.31. The van der Waals surface area contributed by atoms with Gasteiger partial charge >= 0.3 is 0 Å². The summed E-state index contributed by atoms with van der Waals surface area (Å²) >= 11 is 0. The van der Waals surface area contributed by atoms with Gasteiger partial charge in [0.15, 0.2) is 12.0 Å². The Kier molecular flexibility index (Phi) is 3.87. The van der Waals surface area contributed by atoms with Crippen molar-refractivity contribution >= 4 is 22.8 Å². The zero-order chi connectivity index (χ0) is 16.7. The molecular formula is C12H15N5O6. The Morgan fingerprint density at radius 2 is 2.13 bits per heavy atom. The van der Waals surface area contributed by atoms with Crippen molar-refractivity contribution in [3.63, 3.8) is 0 Å². The van der Waals surface area contributed by atoms with Gasteiger partial charge in [0, 0.05) is 6.20 Å². The Labute approximate surface area is 128 Å². The number of aliphatic hydroxyl groups is 3. The highest BCUT2D eigenvalue weighted by Crippen LogP contribution is 2.34. The number of rotatable bonds is 4. The van der Waals surface area contributed by atoms with E-state index in [0.717, 1.165) is 6.33 Å². The second kappa shape index (κ2) is 5.72. The van der Waals surface area contributed by atoms with Crippen LogP contribution in [-0.2, 0) is 4.74 Å². The number of nitrogens with one attached hydrogen (secondary N) is 1. The lowest BCUT2D eigenvalue weighted by Crippen LogP contribution is -2.33. The predicted molar refractivity (Wildman–Crippen MR) is 74.5 cm³/mol. The van der Waals surface area contributed by atoms with Crippen molar-refractivity contribution < 1.29 is 30.1 Å². The van der Waals surface area contributed by atoms with Crippen molar-refractivity contribution in [2.75, 3.05) is 12.1 Å². The highest BCUT2D eigenvalue weighted by molar-refractivity contribution is 6.09. The minimum absolute atomic E-state index is 0.00473. The molecule has 124 valence electrons. The molecule has 11 nitrogen and oxygen atoms in total. The Hall–Kier alpha value is -2.31. The number of amides is 1. The Morgan fingerprint density at radius 3 is 2.70 bits per heavy atom. The van der Waals surface area contributed by atoms with Gasteiger partial charge in [-0.15, -0.1) is 0 Å². The fourth-order valence-corrected chi connectivity index (χ4v) is 2.66. The molecule has 4 atom stereocenters. The van der Waals surface area contributed by atoms with Crippen molar-refractivity contribution in [2.24, 2.45) is 5.73 Å². The van der Waals surface area contributed by atoms with E-state index in [0.29, 0.717) is 0 Å². The highest BCUT2D eigenvalue weighted by Gasteiger charge is 2.44. The molecule has 3 rings (SSSR count). The minimum Gasteiger partial charge on any atom is -0.394 e. The molecule has 0 aliphatic carbocycles. The molecule has 0 aromatic carbocycles. The highest BCUT2D eigenvalue weighted by atomic mass is 16.6. The second-order valence-corrected chi connectivity index (χ2v) is 5.08. The second-order valence-electron chi connectivity index (χ2n) is 5.08. The standard InChI is InChI=1S/C12H15N5O6/c13-9(21)4-1-17(11-6(4)10(16-22)14-3-15-11)12-8(20)7(19)5(2-18)23-12/h1,3,5,7-8,12,18-20,22H,2H2,(H2,13,21)(H,14,15,16)/t5-,7-,8-,12-/m1/s1. The number of nitrogens with two attached hydrogens (primary N) is 1. The van der Waals surface area contributed by atoms with Crippen LogP contribution in [0.5, 0.6) is 0 Å². The van der Waals surface area contributed by atoms with E-state index in [4.69, 9.17) is 20.8 Å². The van der Waals surface area contributed by atoms with Gasteiger partial charge in [0.2, 0.25) is 0 Å². The summed E-state index contributed by atoms with van der Waals surface area (Å²) < 4.78 is 6.71. The number of aromatic nitrogens is 3. The number of fused-ring (bicyclic) bond motifs is 1. The lowest BCUT2D eigenvalue weighted by Gasteiger charge is -2.17. The number of aliphatic hydroxyl groups excluding tert-OH is 3. The van der Waals surface area contributed by atoms with Crippen LogP contribution in [0.3, 0.4) is 0 Å². The maximum atomic E-state index is 11.6. The van der Waals surface area contributed by atoms with Crippen LogP contribution in [0, 0.1) is 0 Å². The Morgan fingerprint density at radius 1 is 1.39 bits per heavy atom. The summed E-state index contributed by atoms with van der Waals surface area (Å²) in [4.78, 5) is 19.4. The number of nitrogens with zero attached hydrogens (tertiary/aromatic N) is 3. The van der Waals surface area contributed by atoms with Crippen LogP contribution >= 0.6 is 0 Å². The van der Waals surface area contributed by atoms with Gasteiger partial charge in [0.05, 0.1) is 17.6 Å². The monoisotopic (exact) mass is 325 g/mol. The van der Waals surface area contributed by atoms with E-state index in [1.807, 2.05) is 5.48 Å². The summed E-state index contributed by atoms with van der Waals surface area (Å²) in [6.07, 6.45) is -2.34. The molecule has 0 spiro atoms. The van der Waals surface area contributed by atoms with Crippen molar-refractivity contribution in [1.82, 2.24) is 14.5 Å². The smallest absolute Gasteiger partial charge is 0.251 e. The maximum absolute atomic E-state index is 11.6. The van der Waals surface area contributed by atoms with Gasteiger partial charge in [-0.1, -0.05) is 0 Å². The molecule has 2 aromatic heterocycles. The van der Waals surface area contributed by atoms with Gasteiger partial charge in [-0.3, -0.25) is 15.5 Å². The largest absolute Gasteiger partial charge is 0.394 e. The van der Waals surface area contributed by atoms with Crippen molar-refractivity contribution in [2.45, 2.75) is 24.5 Å². The van der Waals surface area contributed by atoms with E-state index in [9.17, 15) is 15.0 Å². The normalized spacial score (nSPS) is 27.5. The SMILES string of the molecule is NC(=O)c1cn([C@@H]2O[C@H](CO)[C@@H](O)[C@H]2O)c2ncnc(NO)c12. The third-order valence-electron chi connectivity index (χ3n) is 3.77. The molecule has 1 amide bonds. The third kappa shape index (κ3) is 2.31. The van der Waals surface area contributed by atoms with Crippen molar-refractivity contribution in [3.05, 3.63) is 18.1 Å².